The standard InChI is InChI=1S/C25H27N9O3/c1-31-12-14-32(15-13-31)21-17-23(37-2)19(16-22(21)34(35)36)29-25-26-10-8-24(30-25)28-18-6-3-4-7-20(18)33-11-5-9-27-33/h3-11,16-17H,12-15H2,1-2H3,(H2,26,28,29,30). The fourth-order valence-electron chi connectivity index (χ4n) is 4.21. The van der Waals surface area contributed by atoms with Crippen LogP contribution in [0.1, 0.15) is 0 Å². The Kier molecular flexibility index (Phi) is 6.81. The topological polar surface area (TPSA) is 127 Å². The Bertz CT molecular complexity index is 1390. The van der Waals surface area contributed by atoms with E-state index in [-0.39, 0.29) is 16.6 Å². The molecule has 0 atom stereocenters. The fourth-order valence-corrected chi connectivity index (χ4v) is 4.21. The van der Waals surface area contributed by atoms with E-state index in [0.717, 1.165) is 24.5 Å². The summed E-state index contributed by atoms with van der Waals surface area (Å²) in [5.74, 6) is 1.27. The lowest BCUT2D eigenvalue weighted by Gasteiger charge is -2.34. The number of nitro groups is 1. The summed E-state index contributed by atoms with van der Waals surface area (Å²) in [5, 5.41) is 22.7. The van der Waals surface area contributed by atoms with Crippen molar-refractivity contribution in [1.29, 1.82) is 0 Å². The van der Waals surface area contributed by atoms with Crippen LogP contribution in [-0.2, 0) is 0 Å². The molecule has 12 heteroatoms. The number of likely N-dealkylation sites (N-methyl/N-ethyl adjacent to an activating group) is 1. The van der Waals surface area contributed by atoms with Crippen molar-refractivity contribution in [2.24, 2.45) is 0 Å². The van der Waals surface area contributed by atoms with Crippen LogP contribution >= 0.6 is 0 Å². The van der Waals surface area contributed by atoms with Crippen LogP contribution < -0.4 is 20.3 Å². The Morgan fingerprint density at radius 3 is 2.51 bits per heavy atom. The van der Waals surface area contributed by atoms with Crippen molar-refractivity contribution in [3.05, 3.63) is 77.2 Å². The summed E-state index contributed by atoms with van der Waals surface area (Å²) in [6, 6.07) is 14.5. The largest absolute Gasteiger partial charge is 0.494 e. The molecule has 0 bridgehead atoms. The highest BCUT2D eigenvalue weighted by Gasteiger charge is 2.26. The molecule has 1 aliphatic rings. The second-order valence-electron chi connectivity index (χ2n) is 8.57. The van der Waals surface area contributed by atoms with Gasteiger partial charge in [-0.3, -0.25) is 10.1 Å². The van der Waals surface area contributed by atoms with Crippen LogP contribution in [0.4, 0.5) is 34.5 Å². The maximum Gasteiger partial charge on any atom is 0.294 e. The molecule has 0 amide bonds. The smallest absolute Gasteiger partial charge is 0.294 e. The van der Waals surface area contributed by atoms with E-state index in [4.69, 9.17) is 4.74 Å². The maximum absolute atomic E-state index is 12.0. The Labute approximate surface area is 213 Å². The van der Waals surface area contributed by atoms with E-state index in [1.165, 1.54) is 13.2 Å². The molecule has 2 aromatic heterocycles. The Hall–Kier alpha value is -4.71. The number of hydrogen-bond acceptors (Lipinski definition) is 10. The SMILES string of the molecule is COc1cc(N2CCN(C)CC2)c([N+](=O)[O-])cc1Nc1nccc(Nc2ccccc2-n2cccn2)n1. The number of ether oxygens (including phenoxy) is 1. The number of nitrogens with one attached hydrogen (secondary N) is 2. The highest BCUT2D eigenvalue weighted by atomic mass is 16.6. The molecule has 0 radical (unpaired) electrons. The molecule has 0 spiro atoms. The van der Waals surface area contributed by atoms with Crippen molar-refractivity contribution in [2.45, 2.75) is 0 Å². The normalized spacial score (nSPS) is 13.8. The van der Waals surface area contributed by atoms with Gasteiger partial charge in [0.05, 0.1) is 29.1 Å². The number of para-hydroxylation sites is 2. The minimum atomic E-state index is -0.372. The van der Waals surface area contributed by atoms with Crippen molar-refractivity contribution in [3.63, 3.8) is 0 Å². The highest BCUT2D eigenvalue weighted by Crippen LogP contribution is 2.39. The van der Waals surface area contributed by atoms with Crippen LogP contribution in [-0.4, -0.2) is 69.9 Å². The minimum Gasteiger partial charge on any atom is -0.494 e. The van der Waals surface area contributed by atoms with Crippen molar-refractivity contribution < 1.29 is 9.66 Å². The van der Waals surface area contributed by atoms with E-state index < -0.39 is 0 Å². The number of benzene rings is 2. The van der Waals surface area contributed by atoms with Gasteiger partial charge in [0.15, 0.2) is 0 Å². The molecule has 2 aromatic carbocycles. The number of anilines is 5. The summed E-state index contributed by atoms with van der Waals surface area (Å²) < 4.78 is 7.34. The number of piperazine rings is 1. The van der Waals surface area contributed by atoms with Gasteiger partial charge in [-0.1, -0.05) is 12.1 Å². The van der Waals surface area contributed by atoms with E-state index in [0.29, 0.717) is 36.0 Å². The zero-order valence-corrected chi connectivity index (χ0v) is 20.5. The average Bonchev–Trinajstić information content (AvgIpc) is 3.44. The molecular weight excluding hydrogens is 474 g/mol. The third kappa shape index (κ3) is 5.28. The van der Waals surface area contributed by atoms with Gasteiger partial charge in [-0.05, 0) is 31.3 Å². The predicted molar refractivity (Wildman–Crippen MR) is 142 cm³/mol. The maximum atomic E-state index is 12.0. The summed E-state index contributed by atoms with van der Waals surface area (Å²) in [6.07, 6.45) is 5.18. The van der Waals surface area contributed by atoms with Gasteiger partial charge >= 0.3 is 0 Å². The lowest BCUT2D eigenvalue weighted by atomic mass is 10.1. The van der Waals surface area contributed by atoms with Crippen molar-refractivity contribution in [2.75, 3.05) is 55.9 Å². The number of aromatic nitrogens is 4. The molecule has 0 aliphatic carbocycles. The Morgan fingerprint density at radius 1 is 0.973 bits per heavy atom. The number of methoxy groups -OCH3 is 1. The van der Waals surface area contributed by atoms with Crippen LogP contribution in [0, 0.1) is 10.1 Å². The van der Waals surface area contributed by atoms with Crippen LogP contribution in [0.2, 0.25) is 0 Å². The molecular formula is C25H27N9O3. The van der Waals surface area contributed by atoms with Gasteiger partial charge in [-0.15, -0.1) is 0 Å². The zero-order chi connectivity index (χ0) is 25.8. The van der Waals surface area contributed by atoms with Crippen molar-refractivity contribution in [3.8, 4) is 11.4 Å². The lowest BCUT2D eigenvalue weighted by Crippen LogP contribution is -2.44. The van der Waals surface area contributed by atoms with Gasteiger partial charge in [-0.25, -0.2) is 9.67 Å². The van der Waals surface area contributed by atoms with Gasteiger partial charge in [0.25, 0.3) is 5.69 Å². The Balaban J connectivity index is 1.42. The molecule has 5 rings (SSSR count). The third-order valence-corrected chi connectivity index (χ3v) is 6.16. The molecule has 0 saturated carbocycles. The molecule has 1 saturated heterocycles. The molecule has 190 valence electrons. The summed E-state index contributed by atoms with van der Waals surface area (Å²) in [6.45, 7) is 3.06. The van der Waals surface area contributed by atoms with Crippen LogP contribution in [0.3, 0.4) is 0 Å². The van der Waals surface area contributed by atoms with Gasteiger partial charge in [0, 0.05) is 56.9 Å². The number of hydrogen-bond donors (Lipinski definition) is 2. The average molecular weight is 502 g/mol. The molecule has 2 N–H and O–H groups in total. The molecule has 1 fully saturated rings. The summed E-state index contributed by atoms with van der Waals surface area (Å²) in [7, 11) is 3.57. The highest BCUT2D eigenvalue weighted by molar-refractivity contribution is 5.77. The molecule has 1 aliphatic heterocycles. The van der Waals surface area contributed by atoms with E-state index in [2.05, 4.69) is 30.6 Å². The minimum absolute atomic E-state index is 0.00437. The van der Waals surface area contributed by atoms with E-state index in [1.54, 1.807) is 29.2 Å². The molecule has 37 heavy (non-hydrogen) atoms. The van der Waals surface area contributed by atoms with Crippen LogP contribution in [0.15, 0.2) is 67.1 Å². The summed E-state index contributed by atoms with van der Waals surface area (Å²) in [4.78, 5) is 24.7. The first-order chi connectivity index (χ1) is 18.0. The van der Waals surface area contributed by atoms with E-state index >= 15 is 0 Å². The second kappa shape index (κ2) is 10.5. The monoisotopic (exact) mass is 501 g/mol. The van der Waals surface area contributed by atoms with Crippen molar-refractivity contribution in [1.82, 2.24) is 24.6 Å². The third-order valence-electron chi connectivity index (χ3n) is 6.16. The summed E-state index contributed by atoms with van der Waals surface area (Å²) >= 11 is 0. The molecule has 4 aromatic rings. The number of rotatable bonds is 8. The number of nitro benzene ring substituents is 1. The first-order valence-electron chi connectivity index (χ1n) is 11.8. The van der Waals surface area contributed by atoms with Gasteiger partial charge in [0.2, 0.25) is 5.95 Å². The van der Waals surface area contributed by atoms with Gasteiger partial charge in [0.1, 0.15) is 17.3 Å². The van der Waals surface area contributed by atoms with Crippen LogP contribution in [0.5, 0.6) is 5.75 Å². The quantitative estimate of drug-likeness (QED) is 0.272. The fraction of sp³-hybridized carbons (Fsp3) is 0.240. The molecule has 3 heterocycles. The second-order valence-corrected chi connectivity index (χ2v) is 8.57. The molecule has 12 nitrogen and oxygen atoms in total. The van der Waals surface area contributed by atoms with Gasteiger partial charge < -0.3 is 25.2 Å². The van der Waals surface area contributed by atoms with E-state index in [9.17, 15) is 10.1 Å². The lowest BCUT2D eigenvalue weighted by molar-refractivity contribution is -0.384. The first-order valence-corrected chi connectivity index (χ1v) is 11.8. The first kappa shape index (κ1) is 24.0. The zero-order valence-electron chi connectivity index (χ0n) is 20.5. The number of nitrogens with zero attached hydrogens (tertiary/aromatic N) is 7. The van der Waals surface area contributed by atoms with Crippen LogP contribution in [0.25, 0.3) is 5.69 Å². The van der Waals surface area contributed by atoms with Crippen molar-refractivity contribution >= 4 is 34.5 Å². The van der Waals surface area contributed by atoms with E-state index in [1.807, 2.05) is 48.5 Å². The molecule has 0 unspecified atom stereocenters. The summed E-state index contributed by atoms with van der Waals surface area (Å²) in [5.41, 5.74) is 2.60. The predicted octanol–water partition coefficient (Wildman–Crippen LogP) is 3.82. The van der Waals surface area contributed by atoms with Gasteiger partial charge in [-0.2, -0.15) is 10.1 Å². The Morgan fingerprint density at radius 2 is 1.78 bits per heavy atom.